The van der Waals surface area contributed by atoms with Crippen LogP contribution in [0.1, 0.15) is 33.2 Å². The number of rotatable bonds is 3. The van der Waals surface area contributed by atoms with Crippen molar-refractivity contribution in [1.29, 1.82) is 0 Å². The lowest BCUT2D eigenvalue weighted by Crippen LogP contribution is -2.48. The standard InChI is InChI=1S/C16H22N4O/c1-10(2)15-14(16(21)12-6-4-5-8-17-12)11(3)19-13-7-9-18-20(13)15/h4-5,7,9-10,12,14-15,17H,6,8H2,1-3H3. The fraction of sp³-hybridized carbons (Fsp3) is 0.562. The van der Waals surface area contributed by atoms with E-state index in [-0.39, 0.29) is 23.8 Å². The maximum Gasteiger partial charge on any atom is 0.160 e. The molecule has 2 aliphatic heterocycles. The molecule has 1 aromatic heterocycles. The molecule has 5 heteroatoms. The number of fused-ring (bicyclic) bond motifs is 1. The van der Waals surface area contributed by atoms with Crippen molar-refractivity contribution >= 4 is 17.3 Å². The monoisotopic (exact) mass is 286 g/mol. The molecule has 0 radical (unpaired) electrons. The van der Waals surface area contributed by atoms with Crippen molar-refractivity contribution < 1.29 is 4.79 Å². The van der Waals surface area contributed by atoms with Crippen LogP contribution in [0.4, 0.5) is 5.82 Å². The molecule has 112 valence electrons. The first-order chi connectivity index (χ1) is 10.1. The van der Waals surface area contributed by atoms with E-state index in [0.29, 0.717) is 5.92 Å². The molecule has 0 amide bonds. The second-order valence-corrected chi connectivity index (χ2v) is 6.17. The predicted molar refractivity (Wildman–Crippen MR) is 82.9 cm³/mol. The molecule has 3 rings (SSSR count). The lowest BCUT2D eigenvalue weighted by atomic mass is 9.80. The van der Waals surface area contributed by atoms with Gasteiger partial charge in [-0.25, -0.2) is 9.67 Å². The third kappa shape index (κ3) is 2.46. The molecule has 1 N–H and O–H groups in total. The molecular weight excluding hydrogens is 264 g/mol. The summed E-state index contributed by atoms with van der Waals surface area (Å²) in [6.45, 7) is 7.01. The van der Waals surface area contributed by atoms with Gasteiger partial charge in [0.2, 0.25) is 0 Å². The van der Waals surface area contributed by atoms with Crippen LogP contribution >= 0.6 is 0 Å². The highest BCUT2D eigenvalue weighted by Crippen LogP contribution is 2.37. The van der Waals surface area contributed by atoms with Gasteiger partial charge in [0.15, 0.2) is 11.6 Å². The van der Waals surface area contributed by atoms with Gasteiger partial charge in [0, 0.05) is 18.3 Å². The SMILES string of the molecule is CC1=Nc2ccnn2C(C(C)C)C1C(=O)C1CC=CCN1. The molecule has 1 aromatic rings. The Kier molecular flexibility index (Phi) is 3.76. The van der Waals surface area contributed by atoms with Crippen molar-refractivity contribution in [3.05, 3.63) is 24.4 Å². The van der Waals surface area contributed by atoms with Gasteiger partial charge in [0.1, 0.15) is 0 Å². The van der Waals surface area contributed by atoms with Gasteiger partial charge < -0.3 is 5.32 Å². The average molecular weight is 286 g/mol. The van der Waals surface area contributed by atoms with Crippen molar-refractivity contribution in [3.63, 3.8) is 0 Å². The van der Waals surface area contributed by atoms with Crippen LogP contribution < -0.4 is 5.32 Å². The van der Waals surface area contributed by atoms with Crippen molar-refractivity contribution in [2.45, 2.75) is 39.3 Å². The molecule has 3 unspecified atom stereocenters. The summed E-state index contributed by atoms with van der Waals surface area (Å²) in [6, 6.07) is 1.84. The Bertz CT molecular complexity index is 599. The Balaban J connectivity index is 1.96. The molecule has 0 aromatic carbocycles. The third-order valence-electron chi connectivity index (χ3n) is 4.37. The number of hydrogen-bond acceptors (Lipinski definition) is 4. The molecule has 0 aliphatic carbocycles. The van der Waals surface area contributed by atoms with Crippen LogP contribution in [0.3, 0.4) is 0 Å². The van der Waals surface area contributed by atoms with Crippen LogP contribution in [0, 0.1) is 11.8 Å². The summed E-state index contributed by atoms with van der Waals surface area (Å²) < 4.78 is 1.92. The zero-order valence-corrected chi connectivity index (χ0v) is 12.8. The highest BCUT2D eigenvalue weighted by atomic mass is 16.1. The Morgan fingerprint density at radius 3 is 2.90 bits per heavy atom. The van der Waals surface area contributed by atoms with Crippen LogP contribution in [0.15, 0.2) is 29.4 Å². The van der Waals surface area contributed by atoms with E-state index in [9.17, 15) is 4.79 Å². The van der Waals surface area contributed by atoms with Crippen molar-refractivity contribution in [2.24, 2.45) is 16.8 Å². The molecule has 3 atom stereocenters. The average Bonchev–Trinajstić information content (AvgIpc) is 2.93. The van der Waals surface area contributed by atoms with Gasteiger partial charge in [-0.1, -0.05) is 26.0 Å². The van der Waals surface area contributed by atoms with Crippen LogP contribution in [-0.4, -0.2) is 33.9 Å². The quantitative estimate of drug-likeness (QED) is 0.867. The van der Waals surface area contributed by atoms with Gasteiger partial charge in [-0.2, -0.15) is 5.10 Å². The maximum atomic E-state index is 13.0. The van der Waals surface area contributed by atoms with E-state index < -0.39 is 0 Å². The molecule has 5 nitrogen and oxygen atoms in total. The van der Waals surface area contributed by atoms with Gasteiger partial charge in [-0.05, 0) is 19.3 Å². The van der Waals surface area contributed by atoms with E-state index in [1.807, 2.05) is 17.7 Å². The summed E-state index contributed by atoms with van der Waals surface area (Å²) in [5.41, 5.74) is 0.906. The minimum atomic E-state index is -0.193. The number of nitrogens with zero attached hydrogens (tertiary/aromatic N) is 3. The Hall–Kier alpha value is -1.75. The first-order valence-corrected chi connectivity index (χ1v) is 7.60. The second-order valence-electron chi connectivity index (χ2n) is 6.17. The third-order valence-corrected chi connectivity index (χ3v) is 4.37. The number of hydrogen-bond donors (Lipinski definition) is 1. The van der Waals surface area contributed by atoms with Gasteiger partial charge in [-0.15, -0.1) is 0 Å². The van der Waals surface area contributed by atoms with E-state index in [1.165, 1.54) is 0 Å². The molecule has 0 bridgehead atoms. The summed E-state index contributed by atoms with van der Waals surface area (Å²) in [6.07, 6.45) is 6.67. The fourth-order valence-electron chi connectivity index (χ4n) is 3.35. The smallest absolute Gasteiger partial charge is 0.160 e. The molecule has 3 heterocycles. The number of nitrogens with one attached hydrogen (secondary N) is 1. The summed E-state index contributed by atoms with van der Waals surface area (Å²) in [5.74, 6) is 1.22. The lowest BCUT2D eigenvalue weighted by Gasteiger charge is -2.35. The van der Waals surface area contributed by atoms with Gasteiger partial charge >= 0.3 is 0 Å². The zero-order chi connectivity index (χ0) is 15.0. The number of Topliss-reactive ketones (excluding diaryl/α,β-unsaturated/α-hetero) is 1. The molecule has 0 spiro atoms. The highest BCUT2D eigenvalue weighted by molar-refractivity contribution is 6.08. The topological polar surface area (TPSA) is 59.3 Å². The van der Waals surface area contributed by atoms with Crippen LogP contribution in [0.5, 0.6) is 0 Å². The number of aromatic nitrogens is 2. The number of ketones is 1. The first-order valence-electron chi connectivity index (χ1n) is 7.60. The van der Waals surface area contributed by atoms with Crippen LogP contribution in [-0.2, 0) is 4.79 Å². The Morgan fingerprint density at radius 1 is 1.43 bits per heavy atom. The highest BCUT2D eigenvalue weighted by Gasteiger charge is 2.40. The minimum Gasteiger partial charge on any atom is -0.304 e. The minimum absolute atomic E-state index is 0.0488. The summed E-state index contributed by atoms with van der Waals surface area (Å²) in [7, 11) is 0. The largest absolute Gasteiger partial charge is 0.304 e. The maximum absolute atomic E-state index is 13.0. The van der Waals surface area contributed by atoms with E-state index >= 15 is 0 Å². The van der Waals surface area contributed by atoms with Crippen LogP contribution in [0.2, 0.25) is 0 Å². The number of aliphatic imine (C=N–C) groups is 1. The molecule has 0 saturated heterocycles. The molecule has 0 saturated carbocycles. The summed E-state index contributed by atoms with van der Waals surface area (Å²) >= 11 is 0. The number of carbonyl (C=O) groups excluding carboxylic acids is 1. The van der Waals surface area contributed by atoms with Gasteiger partial charge in [0.05, 0.1) is 24.2 Å². The van der Waals surface area contributed by atoms with E-state index in [4.69, 9.17) is 0 Å². The number of carbonyl (C=O) groups is 1. The normalized spacial score (nSPS) is 28.4. The molecule has 2 aliphatic rings. The van der Waals surface area contributed by atoms with Crippen molar-refractivity contribution in [2.75, 3.05) is 6.54 Å². The lowest BCUT2D eigenvalue weighted by molar-refractivity contribution is -0.124. The van der Waals surface area contributed by atoms with Crippen molar-refractivity contribution in [3.8, 4) is 0 Å². The van der Waals surface area contributed by atoms with Crippen LogP contribution in [0.25, 0.3) is 0 Å². The second kappa shape index (κ2) is 5.56. The Labute approximate surface area is 125 Å². The molecular formula is C16H22N4O. The first kappa shape index (κ1) is 14.2. The van der Waals surface area contributed by atoms with E-state index in [2.05, 4.69) is 41.4 Å². The van der Waals surface area contributed by atoms with Gasteiger partial charge in [-0.3, -0.25) is 4.79 Å². The summed E-state index contributed by atoms with van der Waals surface area (Å²) in [5, 5.41) is 7.69. The van der Waals surface area contributed by atoms with E-state index in [0.717, 1.165) is 24.5 Å². The molecule has 21 heavy (non-hydrogen) atoms. The predicted octanol–water partition coefficient (Wildman–Crippen LogP) is 2.29. The van der Waals surface area contributed by atoms with Crippen molar-refractivity contribution in [1.82, 2.24) is 15.1 Å². The molecule has 0 fully saturated rings. The summed E-state index contributed by atoms with van der Waals surface area (Å²) in [4.78, 5) is 17.6. The fourth-order valence-corrected chi connectivity index (χ4v) is 3.35. The Morgan fingerprint density at radius 2 is 2.24 bits per heavy atom. The zero-order valence-electron chi connectivity index (χ0n) is 12.8. The van der Waals surface area contributed by atoms with Gasteiger partial charge in [0.25, 0.3) is 0 Å². The van der Waals surface area contributed by atoms with E-state index in [1.54, 1.807) is 6.20 Å².